The second-order valence-corrected chi connectivity index (χ2v) is 8.88. The van der Waals surface area contributed by atoms with Crippen molar-refractivity contribution in [3.63, 3.8) is 0 Å². The van der Waals surface area contributed by atoms with Gasteiger partial charge in [0.15, 0.2) is 0 Å². The van der Waals surface area contributed by atoms with Crippen LogP contribution in [0.3, 0.4) is 0 Å². The Labute approximate surface area is 160 Å². The molecule has 7 heteroatoms. The van der Waals surface area contributed by atoms with Crippen molar-refractivity contribution in [2.45, 2.75) is 37.9 Å². The van der Waals surface area contributed by atoms with Gasteiger partial charge in [-0.15, -0.1) is 0 Å². The number of hydrogen-bond acceptors (Lipinski definition) is 4. The highest BCUT2D eigenvalue weighted by Crippen LogP contribution is 2.22. The van der Waals surface area contributed by atoms with E-state index in [1.54, 1.807) is 12.1 Å². The molecule has 0 radical (unpaired) electrons. The highest BCUT2D eigenvalue weighted by molar-refractivity contribution is 7.89. The van der Waals surface area contributed by atoms with Crippen LogP contribution in [0, 0.1) is 0 Å². The van der Waals surface area contributed by atoms with E-state index in [9.17, 15) is 8.42 Å². The van der Waals surface area contributed by atoms with Crippen LogP contribution in [-0.2, 0) is 23.1 Å². The first kappa shape index (κ1) is 19.5. The number of aryl methyl sites for hydroxylation is 1. The van der Waals surface area contributed by atoms with Crippen molar-refractivity contribution in [2.75, 3.05) is 14.1 Å². The fourth-order valence-electron chi connectivity index (χ4n) is 3.12. The zero-order valence-corrected chi connectivity index (χ0v) is 17.0. The molecule has 2 aromatic carbocycles. The zero-order chi connectivity index (χ0) is 19.6. The number of nitrogens with zero attached hydrogens (tertiary/aromatic N) is 3. The van der Waals surface area contributed by atoms with Gasteiger partial charge in [-0.25, -0.2) is 17.7 Å². The Hall–Kier alpha value is -2.22. The fourth-order valence-corrected chi connectivity index (χ4v) is 4.04. The lowest BCUT2D eigenvalue weighted by Gasteiger charge is -2.14. The van der Waals surface area contributed by atoms with Gasteiger partial charge in [-0.2, -0.15) is 0 Å². The molecule has 0 spiro atoms. The Balaban J connectivity index is 1.89. The molecule has 1 N–H and O–H groups in total. The van der Waals surface area contributed by atoms with E-state index in [1.807, 2.05) is 24.3 Å². The summed E-state index contributed by atoms with van der Waals surface area (Å²) < 4.78 is 28.1. The lowest BCUT2D eigenvalue weighted by atomic mass is 10.1. The normalized spacial score (nSPS) is 13.4. The predicted octanol–water partition coefficient (Wildman–Crippen LogP) is 3.16. The van der Waals surface area contributed by atoms with Gasteiger partial charge in [0.05, 0.1) is 22.5 Å². The van der Waals surface area contributed by atoms with Crippen LogP contribution in [-0.4, -0.2) is 36.4 Å². The molecule has 0 saturated heterocycles. The number of rotatable bonds is 7. The third-order valence-corrected chi connectivity index (χ3v) is 6.57. The van der Waals surface area contributed by atoms with Gasteiger partial charge in [-0.1, -0.05) is 30.3 Å². The number of nitrogens with one attached hydrogen (secondary N) is 1. The van der Waals surface area contributed by atoms with Crippen molar-refractivity contribution in [3.05, 3.63) is 59.9 Å². The number of hydrogen-bond donors (Lipinski definition) is 1. The summed E-state index contributed by atoms with van der Waals surface area (Å²) in [6.45, 7) is 5.56. The highest BCUT2D eigenvalue weighted by atomic mass is 32.2. The molecule has 0 aliphatic carbocycles. The summed E-state index contributed by atoms with van der Waals surface area (Å²) >= 11 is 0. The maximum absolute atomic E-state index is 12.4. The lowest BCUT2D eigenvalue weighted by molar-refractivity contribution is 0.521. The SMILES string of the molecule is CCn1c(CN[C@@H](C)c2ccccc2)nc2cc(S(=O)(=O)N(C)C)ccc21. The number of imidazole rings is 1. The molecule has 1 aromatic heterocycles. The van der Waals surface area contributed by atoms with Crippen molar-refractivity contribution in [3.8, 4) is 0 Å². The molecule has 0 bridgehead atoms. The van der Waals surface area contributed by atoms with Crippen LogP contribution in [0.2, 0.25) is 0 Å². The summed E-state index contributed by atoms with van der Waals surface area (Å²) in [7, 11) is -0.408. The minimum absolute atomic E-state index is 0.195. The van der Waals surface area contributed by atoms with Crippen molar-refractivity contribution >= 4 is 21.1 Å². The minimum Gasteiger partial charge on any atom is -0.327 e. The maximum Gasteiger partial charge on any atom is 0.242 e. The Bertz CT molecular complexity index is 1030. The van der Waals surface area contributed by atoms with Gasteiger partial charge in [0, 0.05) is 26.7 Å². The van der Waals surface area contributed by atoms with E-state index in [1.165, 1.54) is 24.0 Å². The summed E-state index contributed by atoms with van der Waals surface area (Å²) in [6.07, 6.45) is 0. The van der Waals surface area contributed by atoms with Crippen molar-refractivity contribution in [1.82, 2.24) is 19.2 Å². The minimum atomic E-state index is -3.47. The van der Waals surface area contributed by atoms with Gasteiger partial charge >= 0.3 is 0 Å². The Morgan fingerprint density at radius 2 is 1.85 bits per heavy atom. The molecule has 27 heavy (non-hydrogen) atoms. The van der Waals surface area contributed by atoms with E-state index in [0.29, 0.717) is 12.1 Å². The van der Waals surface area contributed by atoms with E-state index in [2.05, 4.69) is 35.9 Å². The Morgan fingerprint density at radius 1 is 1.15 bits per heavy atom. The molecule has 0 saturated carbocycles. The van der Waals surface area contributed by atoms with Crippen LogP contribution < -0.4 is 5.32 Å². The second-order valence-electron chi connectivity index (χ2n) is 6.72. The van der Waals surface area contributed by atoms with E-state index >= 15 is 0 Å². The largest absolute Gasteiger partial charge is 0.327 e. The summed E-state index contributed by atoms with van der Waals surface area (Å²) in [5.41, 5.74) is 2.86. The molecular weight excluding hydrogens is 360 g/mol. The first-order valence-electron chi connectivity index (χ1n) is 9.04. The molecule has 3 aromatic rings. The van der Waals surface area contributed by atoms with Crippen LogP contribution >= 0.6 is 0 Å². The van der Waals surface area contributed by atoms with Crippen LogP contribution in [0.1, 0.15) is 31.3 Å². The van der Waals surface area contributed by atoms with E-state index < -0.39 is 10.0 Å². The quantitative estimate of drug-likeness (QED) is 0.677. The van der Waals surface area contributed by atoms with Crippen molar-refractivity contribution in [2.24, 2.45) is 0 Å². The number of fused-ring (bicyclic) bond motifs is 1. The highest BCUT2D eigenvalue weighted by Gasteiger charge is 2.19. The van der Waals surface area contributed by atoms with Crippen LogP contribution in [0.15, 0.2) is 53.4 Å². The fraction of sp³-hybridized carbons (Fsp3) is 0.350. The molecule has 1 heterocycles. The van der Waals surface area contributed by atoms with Gasteiger partial charge in [0.25, 0.3) is 0 Å². The molecule has 3 rings (SSSR count). The molecule has 6 nitrogen and oxygen atoms in total. The van der Waals surface area contributed by atoms with E-state index in [0.717, 1.165) is 17.9 Å². The molecule has 0 unspecified atom stereocenters. The average molecular weight is 387 g/mol. The summed E-state index contributed by atoms with van der Waals surface area (Å²) in [6, 6.07) is 15.6. The smallest absolute Gasteiger partial charge is 0.242 e. The molecule has 0 aliphatic heterocycles. The van der Waals surface area contributed by atoms with Gasteiger partial charge in [-0.05, 0) is 37.6 Å². The first-order valence-corrected chi connectivity index (χ1v) is 10.5. The summed E-state index contributed by atoms with van der Waals surface area (Å²) in [5, 5.41) is 3.50. The predicted molar refractivity (Wildman–Crippen MR) is 108 cm³/mol. The van der Waals surface area contributed by atoms with E-state index in [-0.39, 0.29) is 10.9 Å². The van der Waals surface area contributed by atoms with Crippen LogP contribution in [0.5, 0.6) is 0 Å². The van der Waals surface area contributed by atoms with E-state index in [4.69, 9.17) is 4.98 Å². The number of aromatic nitrogens is 2. The second kappa shape index (κ2) is 7.80. The van der Waals surface area contributed by atoms with Crippen molar-refractivity contribution in [1.29, 1.82) is 0 Å². The van der Waals surface area contributed by atoms with Crippen molar-refractivity contribution < 1.29 is 8.42 Å². The zero-order valence-electron chi connectivity index (χ0n) is 16.2. The molecule has 1 atom stereocenters. The van der Waals surface area contributed by atoms with Crippen LogP contribution in [0.4, 0.5) is 0 Å². The van der Waals surface area contributed by atoms with Gasteiger partial charge < -0.3 is 9.88 Å². The third kappa shape index (κ3) is 3.90. The third-order valence-electron chi connectivity index (χ3n) is 4.76. The Morgan fingerprint density at radius 3 is 2.48 bits per heavy atom. The Kier molecular flexibility index (Phi) is 5.64. The lowest BCUT2D eigenvalue weighted by Crippen LogP contribution is -2.22. The van der Waals surface area contributed by atoms with Gasteiger partial charge in [0.1, 0.15) is 5.82 Å². The number of benzene rings is 2. The summed E-state index contributed by atoms with van der Waals surface area (Å²) in [4.78, 5) is 4.96. The topological polar surface area (TPSA) is 67.2 Å². The van der Waals surface area contributed by atoms with Gasteiger partial charge in [-0.3, -0.25) is 0 Å². The maximum atomic E-state index is 12.4. The molecule has 144 valence electrons. The van der Waals surface area contributed by atoms with Gasteiger partial charge in [0.2, 0.25) is 10.0 Å². The standard InChI is InChI=1S/C20H26N4O2S/c1-5-24-19-12-11-17(27(25,26)23(3)4)13-18(19)22-20(24)14-21-15(2)16-9-7-6-8-10-16/h6-13,15,21H,5,14H2,1-4H3/t15-/m0/s1. The molecular formula is C20H26N4O2S. The monoisotopic (exact) mass is 386 g/mol. The summed E-state index contributed by atoms with van der Waals surface area (Å²) in [5.74, 6) is 0.898. The first-order chi connectivity index (χ1) is 12.8. The number of sulfonamides is 1. The van der Waals surface area contributed by atoms with Crippen LogP contribution in [0.25, 0.3) is 11.0 Å². The molecule has 0 aliphatic rings. The average Bonchev–Trinajstić information content (AvgIpc) is 3.03. The molecule has 0 fully saturated rings. The molecule has 0 amide bonds.